The molecule has 0 saturated carbocycles. The van der Waals surface area contributed by atoms with E-state index in [1.807, 2.05) is 17.5 Å². The number of anilines is 1. The molecule has 2 saturated heterocycles. The lowest BCUT2D eigenvalue weighted by Crippen LogP contribution is -2.48. The number of hydrogen-bond acceptors (Lipinski definition) is 5. The second-order valence-electron chi connectivity index (χ2n) is 8.81. The van der Waals surface area contributed by atoms with Crippen molar-refractivity contribution in [1.29, 1.82) is 0 Å². The van der Waals surface area contributed by atoms with Gasteiger partial charge in [0.2, 0.25) is 11.8 Å². The second kappa shape index (κ2) is 11.0. The van der Waals surface area contributed by atoms with Crippen LogP contribution in [0.15, 0.2) is 41.8 Å². The molecule has 172 valence electrons. The number of nitrogens with zero attached hydrogens (tertiary/aromatic N) is 3. The summed E-state index contributed by atoms with van der Waals surface area (Å²) in [7, 11) is 0. The minimum Gasteiger partial charge on any atom is -0.369 e. The molecule has 2 aliphatic heterocycles. The number of amides is 2. The normalized spacial score (nSPS) is 19.3. The molecule has 0 radical (unpaired) electrons. The molecule has 1 atom stereocenters. The first-order chi connectivity index (χ1) is 15.6. The van der Waals surface area contributed by atoms with E-state index in [-0.39, 0.29) is 17.9 Å². The van der Waals surface area contributed by atoms with Crippen molar-refractivity contribution in [3.63, 3.8) is 0 Å². The number of nitrogens with one attached hydrogen (secondary N) is 1. The van der Waals surface area contributed by atoms with Crippen LogP contribution in [0.3, 0.4) is 0 Å². The Morgan fingerprint density at radius 1 is 1.09 bits per heavy atom. The van der Waals surface area contributed by atoms with E-state index in [1.165, 1.54) is 11.3 Å². The minimum absolute atomic E-state index is 0.00583. The maximum atomic E-state index is 12.7. The van der Waals surface area contributed by atoms with Crippen molar-refractivity contribution >= 4 is 28.8 Å². The Morgan fingerprint density at radius 2 is 1.94 bits per heavy atom. The average Bonchev–Trinajstić information content (AvgIpc) is 3.49. The van der Waals surface area contributed by atoms with Gasteiger partial charge in [-0.25, -0.2) is 0 Å². The first-order valence-electron chi connectivity index (χ1n) is 11.7. The molecular weight excluding hydrogens is 420 g/mol. The summed E-state index contributed by atoms with van der Waals surface area (Å²) in [5.41, 5.74) is 2.61. The molecule has 1 aromatic heterocycles. The zero-order valence-electron chi connectivity index (χ0n) is 19.0. The van der Waals surface area contributed by atoms with Crippen molar-refractivity contribution < 1.29 is 9.59 Å². The second-order valence-corrected chi connectivity index (χ2v) is 9.85. The number of piperazine rings is 1. The van der Waals surface area contributed by atoms with Crippen LogP contribution in [0.1, 0.15) is 29.7 Å². The van der Waals surface area contributed by atoms with E-state index in [2.05, 4.69) is 46.3 Å². The van der Waals surface area contributed by atoms with E-state index in [1.54, 1.807) is 16.2 Å². The molecule has 2 aliphatic rings. The predicted octanol–water partition coefficient (Wildman–Crippen LogP) is 2.92. The Morgan fingerprint density at radius 3 is 2.69 bits per heavy atom. The van der Waals surface area contributed by atoms with Gasteiger partial charge in [-0.1, -0.05) is 18.2 Å². The summed E-state index contributed by atoms with van der Waals surface area (Å²) in [5, 5.41) is 5.07. The van der Waals surface area contributed by atoms with E-state index in [0.717, 1.165) is 56.9 Å². The minimum atomic E-state index is -0.305. The van der Waals surface area contributed by atoms with Crippen LogP contribution in [0.25, 0.3) is 0 Å². The quantitative estimate of drug-likeness (QED) is 0.623. The van der Waals surface area contributed by atoms with Crippen LogP contribution in [0.4, 0.5) is 5.69 Å². The highest BCUT2D eigenvalue weighted by Crippen LogP contribution is 2.20. The standard InChI is InChI=1S/C25H34N4O2S/c1-20-6-2-7-21(18-20)28-15-13-27(14-16-28)11-5-10-26-25(31)23-9-3-12-29(23)24(30)19-22-8-4-17-32-22/h2,4,6-8,17-18,23H,3,5,9-16,19H2,1H3,(H,26,31). The maximum Gasteiger partial charge on any atom is 0.242 e. The van der Waals surface area contributed by atoms with Crippen molar-refractivity contribution in [3.05, 3.63) is 52.2 Å². The molecule has 1 N–H and O–H groups in total. The fraction of sp³-hybridized carbons (Fsp3) is 0.520. The van der Waals surface area contributed by atoms with Crippen LogP contribution in [0, 0.1) is 6.92 Å². The topological polar surface area (TPSA) is 55.9 Å². The molecule has 0 bridgehead atoms. The highest BCUT2D eigenvalue weighted by Gasteiger charge is 2.33. The van der Waals surface area contributed by atoms with Gasteiger partial charge in [-0.15, -0.1) is 11.3 Å². The van der Waals surface area contributed by atoms with Crippen LogP contribution in [0.2, 0.25) is 0 Å². The lowest BCUT2D eigenvalue weighted by Gasteiger charge is -2.36. The molecular formula is C25H34N4O2S. The van der Waals surface area contributed by atoms with Crippen molar-refractivity contribution in [2.75, 3.05) is 50.7 Å². The maximum absolute atomic E-state index is 12.7. The Hall–Kier alpha value is -2.38. The zero-order valence-corrected chi connectivity index (χ0v) is 19.8. The molecule has 7 heteroatoms. The van der Waals surface area contributed by atoms with Crippen LogP contribution < -0.4 is 10.2 Å². The van der Waals surface area contributed by atoms with E-state index < -0.39 is 0 Å². The van der Waals surface area contributed by atoms with Gasteiger partial charge < -0.3 is 15.1 Å². The van der Waals surface area contributed by atoms with E-state index in [0.29, 0.717) is 19.5 Å². The van der Waals surface area contributed by atoms with Crippen LogP contribution in [0.5, 0.6) is 0 Å². The number of thiophene rings is 1. The van der Waals surface area contributed by atoms with Gasteiger partial charge in [0.1, 0.15) is 6.04 Å². The van der Waals surface area contributed by atoms with Crippen molar-refractivity contribution in [1.82, 2.24) is 15.1 Å². The lowest BCUT2D eigenvalue weighted by molar-refractivity contribution is -0.137. The van der Waals surface area contributed by atoms with E-state index in [4.69, 9.17) is 0 Å². The molecule has 1 aromatic carbocycles. The van der Waals surface area contributed by atoms with Gasteiger partial charge in [-0.05, 0) is 61.9 Å². The van der Waals surface area contributed by atoms with Gasteiger partial charge in [0.15, 0.2) is 0 Å². The van der Waals surface area contributed by atoms with Crippen molar-refractivity contribution in [2.24, 2.45) is 0 Å². The first kappa shape index (κ1) is 22.8. The number of rotatable bonds is 8. The Balaban J connectivity index is 1.15. The summed E-state index contributed by atoms with van der Waals surface area (Å²) in [4.78, 5) is 33.1. The van der Waals surface area contributed by atoms with Crippen molar-refractivity contribution in [3.8, 4) is 0 Å². The molecule has 2 amide bonds. The molecule has 2 fully saturated rings. The molecule has 0 aliphatic carbocycles. The summed E-state index contributed by atoms with van der Waals surface area (Å²) >= 11 is 1.59. The Labute approximate surface area is 195 Å². The highest BCUT2D eigenvalue weighted by atomic mass is 32.1. The largest absolute Gasteiger partial charge is 0.369 e. The van der Waals surface area contributed by atoms with Gasteiger partial charge >= 0.3 is 0 Å². The molecule has 4 rings (SSSR count). The SMILES string of the molecule is Cc1cccc(N2CCN(CCCNC(=O)C3CCCN3C(=O)Cc3cccs3)CC2)c1. The number of aryl methyl sites for hydroxylation is 1. The first-order valence-corrected chi connectivity index (χ1v) is 12.6. The smallest absolute Gasteiger partial charge is 0.242 e. The van der Waals surface area contributed by atoms with Gasteiger partial charge in [-0.2, -0.15) is 0 Å². The van der Waals surface area contributed by atoms with Crippen LogP contribution >= 0.6 is 11.3 Å². The summed E-state index contributed by atoms with van der Waals surface area (Å²) in [6, 6.07) is 12.3. The third-order valence-corrected chi connectivity index (χ3v) is 7.35. The van der Waals surface area contributed by atoms with Gasteiger partial charge in [0.25, 0.3) is 0 Å². The fourth-order valence-electron chi connectivity index (χ4n) is 4.69. The van der Waals surface area contributed by atoms with Crippen LogP contribution in [-0.4, -0.2) is 73.5 Å². The predicted molar refractivity (Wildman–Crippen MR) is 130 cm³/mol. The monoisotopic (exact) mass is 454 g/mol. The molecule has 6 nitrogen and oxygen atoms in total. The molecule has 1 unspecified atom stereocenters. The van der Waals surface area contributed by atoms with Gasteiger partial charge in [-0.3, -0.25) is 14.5 Å². The van der Waals surface area contributed by atoms with Crippen LogP contribution in [-0.2, 0) is 16.0 Å². The average molecular weight is 455 g/mol. The molecule has 32 heavy (non-hydrogen) atoms. The fourth-order valence-corrected chi connectivity index (χ4v) is 5.38. The lowest BCUT2D eigenvalue weighted by atomic mass is 10.2. The molecule has 2 aromatic rings. The molecule has 3 heterocycles. The Kier molecular flexibility index (Phi) is 7.81. The number of benzene rings is 1. The number of likely N-dealkylation sites (tertiary alicyclic amines) is 1. The Bertz CT molecular complexity index is 893. The third kappa shape index (κ3) is 5.90. The van der Waals surface area contributed by atoms with E-state index in [9.17, 15) is 9.59 Å². The zero-order chi connectivity index (χ0) is 22.3. The summed E-state index contributed by atoms with van der Waals surface area (Å²) < 4.78 is 0. The van der Waals surface area contributed by atoms with Gasteiger partial charge in [0, 0.05) is 49.8 Å². The highest BCUT2D eigenvalue weighted by molar-refractivity contribution is 7.10. The number of carbonyl (C=O) groups is 2. The van der Waals surface area contributed by atoms with E-state index >= 15 is 0 Å². The van der Waals surface area contributed by atoms with Crippen molar-refractivity contribution in [2.45, 2.75) is 38.6 Å². The summed E-state index contributed by atoms with van der Waals surface area (Å²) in [6.45, 7) is 8.67. The van der Waals surface area contributed by atoms with Gasteiger partial charge in [0.05, 0.1) is 6.42 Å². The summed E-state index contributed by atoms with van der Waals surface area (Å²) in [5.74, 6) is 0.0721. The third-order valence-electron chi connectivity index (χ3n) is 6.47. The summed E-state index contributed by atoms with van der Waals surface area (Å²) in [6.07, 6.45) is 3.00. The number of carbonyl (C=O) groups excluding carboxylic acids is 2. The number of hydrogen-bond donors (Lipinski definition) is 1. The molecule has 0 spiro atoms.